The molecule has 0 bridgehead atoms. The third-order valence-electron chi connectivity index (χ3n) is 5.83. The standard InChI is InChI=1S/C23H25NO2S/c1-15(2)19-13-14-22-23(19)17(4)20-7-5-6-8-21(20)24(22)27(25,26)18-11-9-16(3)10-12-18/h5-14,17,22-23H,1-4H3/t17-,22+,23-/m0/s1. The largest absolute Gasteiger partial charge is 0.264 e. The number of nitrogens with zero attached hydrogens (tertiary/aromatic N) is 1. The fourth-order valence-electron chi connectivity index (χ4n) is 4.45. The number of anilines is 1. The number of hydrogen-bond donors (Lipinski definition) is 0. The minimum atomic E-state index is -3.66. The highest BCUT2D eigenvalue weighted by atomic mass is 32.2. The molecule has 0 unspecified atom stereocenters. The van der Waals surface area contributed by atoms with Gasteiger partial charge in [0.1, 0.15) is 0 Å². The van der Waals surface area contributed by atoms with E-state index < -0.39 is 10.0 Å². The maximum absolute atomic E-state index is 13.7. The molecule has 27 heavy (non-hydrogen) atoms. The highest BCUT2D eigenvalue weighted by Crippen LogP contribution is 2.50. The number of hydrogen-bond acceptors (Lipinski definition) is 2. The molecule has 0 saturated heterocycles. The van der Waals surface area contributed by atoms with Crippen molar-refractivity contribution in [1.29, 1.82) is 0 Å². The maximum atomic E-state index is 13.7. The van der Waals surface area contributed by atoms with Gasteiger partial charge in [-0.25, -0.2) is 8.42 Å². The average Bonchev–Trinajstić information content (AvgIpc) is 3.07. The molecule has 140 valence electrons. The Hall–Kier alpha value is -2.33. The van der Waals surface area contributed by atoms with E-state index in [1.54, 1.807) is 16.4 Å². The molecule has 1 heterocycles. The maximum Gasteiger partial charge on any atom is 0.264 e. The van der Waals surface area contributed by atoms with Crippen LogP contribution in [0.2, 0.25) is 0 Å². The van der Waals surface area contributed by atoms with Gasteiger partial charge in [0.25, 0.3) is 10.0 Å². The fourth-order valence-corrected chi connectivity index (χ4v) is 6.10. The van der Waals surface area contributed by atoms with E-state index in [0.717, 1.165) is 16.8 Å². The normalized spacial score (nSPS) is 23.9. The van der Waals surface area contributed by atoms with Crippen LogP contribution in [0.3, 0.4) is 0 Å². The lowest BCUT2D eigenvalue weighted by molar-refractivity contribution is 0.461. The predicted octanol–water partition coefficient (Wildman–Crippen LogP) is 5.20. The van der Waals surface area contributed by atoms with Crippen molar-refractivity contribution in [3.05, 3.63) is 83.0 Å². The Morgan fingerprint density at radius 2 is 1.67 bits per heavy atom. The van der Waals surface area contributed by atoms with E-state index in [1.165, 1.54) is 11.1 Å². The van der Waals surface area contributed by atoms with Crippen molar-refractivity contribution in [2.45, 2.75) is 44.6 Å². The number of para-hydroxylation sites is 1. The van der Waals surface area contributed by atoms with Gasteiger partial charge in [0.15, 0.2) is 0 Å². The minimum absolute atomic E-state index is 0.144. The molecule has 4 heteroatoms. The number of rotatable bonds is 2. The van der Waals surface area contributed by atoms with Crippen molar-refractivity contribution in [3.63, 3.8) is 0 Å². The van der Waals surface area contributed by atoms with E-state index in [2.05, 4.69) is 39.0 Å². The summed E-state index contributed by atoms with van der Waals surface area (Å²) >= 11 is 0. The van der Waals surface area contributed by atoms with Gasteiger partial charge in [0, 0.05) is 5.92 Å². The highest BCUT2D eigenvalue weighted by molar-refractivity contribution is 7.92. The molecule has 2 aromatic rings. The first kappa shape index (κ1) is 18.1. The zero-order valence-corrected chi connectivity index (χ0v) is 17.0. The number of sulfonamides is 1. The Balaban J connectivity index is 1.93. The second-order valence-corrected chi connectivity index (χ2v) is 9.61. The van der Waals surface area contributed by atoms with Gasteiger partial charge in [-0.2, -0.15) is 0 Å². The quantitative estimate of drug-likeness (QED) is 0.719. The summed E-state index contributed by atoms with van der Waals surface area (Å²) in [7, 11) is -3.66. The molecule has 0 radical (unpaired) electrons. The molecule has 3 nitrogen and oxygen atoms in total. The predicted molar refractivity (Wildman–Crippen MR) is 110 cm³/mol. The Morgan fingerprint density at radius 3 is 2.33 bits per heavy atom. The molecule has 2 aromatic carbocycles. The minimum Gasteiger partial charge on any atom is -0.259 e. The summed E-state index contributed by atoms with van der Waals surface area (Å²) in [6.07, 6.45) is 4.18. The zero-order chi connectivity index (χ0) is 19.3. The molecule has 0 saturated carbocycles. The average molecular weight is 380 g/mol. The Kier molecular flexibility index (Phi) is 4.26. The molecular weight excluding hydrogens is 354 g/mol. The summed E-state index contributed by atoms with van der Waals surface area (Å²) in [5.74, 6) is 0.403. The molecule has 1 aliphatic heterocycles. The smallest absolute Gasteiger partial charge is 0.259 e. The first-order valence-electron chi connectivity index (χ1n) is 9.38. The molecule has 0 aromatic heterocycles. The van der Waals surface area contributed by atoms with Gasteiger partial charge < -0.3 is 0 Å². The van der Waals surface area contributed by atoms with E-state index in [1.807, 2.05) is 37.3 Å². The molecule has 0 fully saturated rings. The van der Waals surface area contributed by atoms with Crippen LogP contribution in [-0.4, -0.2) is 14.5 Å². The third-order valence-corrected chi connectivity index (χ3v) is 7.66. The SMILES string of the molecule is CC(C)=C1C=C[C@@H]2[C@H]1[C@@H](C)c1ccccc1N2S(=O)(=O)c1ccc(C)cc1. The number of benzene rings is 2. The van der Waals surface area contributed by atoms with Gasteiger partial charge in [0.2, 0.25) is 0 Å². The Labute approximate surface area is 162 Å². The van der Waals surface area contributed by atoms with Crippen LogP contribution in [-0.2, 0) is 10.0 Å². The highest BCUT2D eigenvalue weighted by Gasteiger charge is 2.46. The van der Waals surface area contributed by atoms with Crippen molar-refractivity contribution in [2.75, 3.05) is 4.31 Å². The summed E-state index contributed by atoms with van der Waals surface area (Å²) in [6.45, 7) is 8.38. The summed E-state index contributed by atoms with van der Waals surface area (Å²) in [4.78, 5) is 0.343. The molecular formula is C23H25NO2S. The van der Waals surface area contributed by atoms with Crippen molar-refractivity contribution < 1.29 is 8.42 Å². The van der Waals surface area contributed by atoms with Crippen LogP contribution in [0.4, 0.5) is 5.69 Å². The lowest BCUT2D eigenvalue weighted by Gasteiger charge is -2.43. The summed E-state index contributed by atoms with van der Waals surface area (Å²) in [5.41, 5.74) is 5.44. The van der Waals surface area contributed by atoms with Gasteiger partial charge in [-0.05, 0) is 56.0 Å². The van der Waals surface area contributed by atoms with Gasteiger partial charge in [-0.1, -0.05) is 60.5 Å². The molecule has 4 rings (SSSR count). The summed E-state index contributed by atoms with van der Waals surface area (Å²) in [5, 5.41) is 0. The van der Waals surface area contributed by atoms with Gasteiger partial charge in [0.05, 0.1) is 16.6 Å². The van der Waals surface area contributed by atoms with E-state index in [0.29, 0.717) is 4.90 Å². The molecule has 1 aliphatic carbocycles. The third kappa shape index (κ3) is 2.74. The van der Waals surface area contributed by atoms with Crippen LogP contribution < -0.4 is 4.31 Å². The van der Waals surface area contributed by atoms with Gasteiger partial charge >= 0.3 is 0 Å². The Bertz CT molecular complexity index is 1040. The van der Waals surface area contributed by atoms with Crippen LogP contribution in [0, 0.1) is 12.8 Å². The summed E-state index contributed by atoms with van der Waals surface area (Å²) in [6, 6.07) is 14.9. The lowest BCUT2D eigenvalue weighted by Crippen LogP contribution is -2.47. The first-order chi connectivity index (χ1) is 12.8. The monoisotopic (exact) mass is 379 g/mol. The topological polar surface area (TPSA) is 37.4 Å². The van der Waals surface area contributed by atoms with Crippen LogP contribution in [0.15, 0.2) is 76.7 Å². The number of aryl methyl sites for hydroxylation is 1. The van der Waals surface area contributed by atoms with E-state index in [4.69, 9.17) is 0 Å². The molecule has 2 aliphatic rings. The first-order valence-corrected chi connectivity index (χ1v) is 10.8. The van der Waals surface area contributed by atoms with Crippen LogP contribution in [0.1, 0.15) is 37.8 Å². The second-order valence-electron chi connectivity index (χ2n) is 7.79. The van der Waals surface area contributed by atoms with Crippen LogP contribution in [0.5, 0.6) is 0 Å². The van der Waals surface area contributed by atoms with Gasteiger partial charge in [-0.3, -0.25) is 4.31 Å². The molecule has 0 amide bonds. The van der Waals surface area contributed by atoms with Crippen molar-refractivity contribution >= 4 is 15.7 Å². The van der Waals surface area contributed by atoms with E-state index in [9.17, 15) is 8.42 Å². The van der Waals surface area contributed by atoms with Crippen molar-refractivity contribution in [2.24, 2.45) is 5.92 Å². The van der Waals surface area contributed by atoms with Crippen molar-refractivity contribution in [3.8, 4) is 0 Å². The zero-order valence-electron chi connectivity index (χ0n) is 16.2. The van der Waals surface area contributed by atoms with Crippen molar-refractivity contribution in [1.82, 2.24) is 0 Å². The number of fused-ring (bicyclic) bond motifs is 2. The Morgan fingerprint density at radius 1 is 1.00 bits per heavy atom. The van der Waals surface area contributed by atoms with Crippen LogP contribution >= 0.6 is 0 Å². The molecule has 0 spiro atoms. The second kappa shape index (κ2) is 6.38. The molecule has 0 N–H and O–H groups in total. The molecule has 3 atom stereocenters. The lowest BCUT2D eigenvalue weighted by atomic mass is 9.76. The fraction of sp³-hybridized carbons (Fsp3) is 0.304. The van der Waals surface area contributed by atoms with Crippen LogP contribution in [0.25, 0.3) is 0 Å². The summed E-state index contributed by atoms with van der Waals surface area (Å²) < 4.78 is 29.0. The van der Waals surface area contributed by atoms with E-state index >= 15 is 0 Å². The number of allylic oxidation sites excluding steroid dienone is 2. The van der Waals surface area contributed by atoms with E-state index in [-0.39, 0.29) is 17.9 Å². The van der Waals surface area contributed by atoms with Gasteiger partial charge in [-0.15, -0.1) is 0 Å².